The Labute approximate surface area is 357 Å². The van der Waals surface area contributed by atoms with Crippen LogP contribution >= 0.6 is 0 Å². The number of carboxylic acids is 6. The van der Waals surface area contributed by atoms with E-state index in [1.54, 1.807) is 0 Å². The van der Waals surface area contributed by atoms with Gasteiger partial charge in [-0.05, 0) is 82.4 Å². The van der Waals surface area contributed by atoms with Gasteiger partial charge >= 0.3 is 47.9 Å². The Morgan fingerprint density at radius 2 is 0.952 bits per heavy atom. The minimum Gasteiger partial charge on any atom is -0.481 e. The number of carbonyl (C=O) groups is 10. The second-order valence-corrected chi connectivity index (χ2v) is 13.9. The maximum Gasteiger partial charge on any atom is 0.326 e. The number of aryl methyl sites for hydroxylation is 1. The van der Waals surface area contributed by atoms with Crippen LogP contribution in [0.4, 0.5) is 14.0 Å². The molecular formula is C37H50FN9O16. The summed E-state index contributed by atoms with van der Waals surface area (Å²) in [5.41, 5.74) is 0.664. The van der Waals surface area contributed by atoms with Crippen molar-refractivity contribution in [3.05, 3.63) is 41.2 Å². The molecule has 1 aromatic heterocycles. The van der Waals surface area contributed by atoms with Crippen LogP contribution < -0.4 is 31.9 Å². The van der Waals surface area contributed by atoms with Gasteiger partial charge in [0.05, 0.1) is 24.3 Å². The van der Waals surface area contributed by atoms with E-state index >= 15 is 0 Å². The van der Waals surface area contributed by atoms with Crippen LogP contribution in [-0.2, 0) is 35.2 Å². The highest BCUT2D eigenvalue weighted by molar-refractivity contribution is 6.00. The van der Waals surface area contributed by atoms with Crippen LogP contribution in [0.25, 0.3) is 5.69 Å². The highest BCUT2D eigenvalue weighted by atomic mass is 19.1. The molecule has 0 fully saturated rings. The number of benzene rings is 1. The molecule has 0 saturated carbocycles. The van der Waals surface area contributed by atoms with Gasteiger partial charge in [-0.1, -0.05) is 5.21 Å². The molecule has 2 rings (SSSR count). The molecule has 0 aliphatic carbocycles. The number of urea groups is 2. The minimum absolute atomic E-state index is 0.00200. The molecule has 12 N–H and O–H groups in total. The molecule has 25 nitrogen and oxygen atoms in total. The first-order valence-electron chi connectivity index (χ1n) is 19.5. The fraction of sp³-hybridized carbons (Fsp3) is 0.514. The predicted molar refractivity (Wildman–Crippen MR) is 211 cm³/mol. The van der Waals surface area contributed by atoms with Crippen molar-refractivity contribution >= 4 is 59.7 Å². The number of aliphatic carboxylic acids is 6. The van der Waals surface area contributed by atoms with Crippen LogP contribution in [-0.4, -0.2) is 149 Å². The van der Waals surface area contributed by atoms with Gasteiger partial charge in [-0.3, -0.25) is 23.6 Å². The second kappa shape index (κ2) is 26.7. The molecule has 0 radical (unpaired) electrons. The average molecular weight is 896 g/mol. The SMILES string of the molecule is O=C(O)CCC(NC(=O)N[C@@H](CCCCNC(=O)c1cc(C(=O)NCCCCC(NC(=O)N[C@@H](CCC(=O)O)C(=O)O)C(=O)O)cc(-n2cc(CCCF)nn2)c1)C(=O)O)C(=O)O. The van der Waals surface area contributed by atoms with Gasteiger partial charge < -0.3 is 62.5 Å². The smallest absolute Gasteiger partial charge is 0.326 e. The number of nitrogens with one attached hydrogen (secondary N) is 6. The number of unbranched alkanes of at least 4 members (excludes halogenated alkanes) is 2. The Bertz CT molecular complexity index is 1850. The van der Waals surface area contributed by atoms with Gasteiger partial charge in [-0.15, -0.1) is 5.10 Å². The molecule has 2 aromatic rings. The highest BCUT2D eigenvalue weighted by Gasteiger charge is 2.26. The van der Waals surface area contributed by atoms with Gasteiger partial charge in [0.15, 0.2) is 0 Å². The molecule has 0 bridgehead atoms. The van der Waals surface area contributed by atoms with E-state index in [1.807, 2.05) is 10.6 Å². The van der Waals surface area contributed by atoms with Crippen molar-refractivity contribution in [1.82, 2.24) is 46.9 Å². The van der Waals surface area contributed by atoms with Gasteiger partial charge in [0.1, 0.15) is 24.2 Å². The number of carboxylic acid groups (broad SMARTS) is 6. The summed E-state index contributed by atoms with van der Waals surface area (Å²) in [6, 6.07) is -4.25. The Balaban J connectivity index is 2.04. The lowest BCUT2D eigenvalue weighted by Crippen LogP contribution is -2.51. The normalized spacial score (nSPS) is 12.7. The Morgan fingerprint density at radius 1 is 0.556 bits per heavy atom. The molecule has 0 saturated heterocycles. The van der Waals surface area contributed by atoms with E-state index in [2.05, 4.69) is 31.6 Å². The van der Waals surface area contributed by atoms with Gasteiger partial charge in [0.2, 0.25) is 0 Å². The van der Waals surface area contributed by atoms with Crippen molar-refractivity contribution in [3.63, 3.8) is 0 Å². The van der Waals surface area contributed by atoms with E-state index in [4.69, 9.17) is 10.2 Å². The van der Waals surface area contributed by atoms with Crippen molar-refractivity contribution in [2.45, 2.75) is 101 Å². The molecule has 0 spiro atoms. The Kier molecular flexibility index (Phi) is 21.9. The van der Waals surface area contributed by atoms with Crippen LogP contribution in [0.15, 0.2) is 24.4 Å². The van der Waals surface area contributed by atoms with Crippen molar-refractivity contribution in [3.8, 4) is 5.69 Å². The molecule has 0 aliphatic heterocycles. The maximum absolute atomic E-state index is 13.3. The molecule has 6 amide bonds. The fourth-order valence-electron chi connectivity index (χ4n) is 5.63. The fourth-order valence-corrected chi connectivity index (χ4v) is 5.63. The Morgan fingerprint density at radius 3 is 1.32 bits per heavy atom. The largest absolute Gasteiger partial charge is 0.481 e. The van der Waals surface area contributed by atoms with Gasteiger partial charge in [0, 0.05) is 37.1 Å². The van der Waals surface area contributed by atoms with E-state index in [0.29, 0.717) is 5.69 Å². The lowest BCUT2D eigenvalue weighted by Gasteiger charge is -2.18. The standard InChI is InChI=1S/C37H50FN9O16/c38-13-5-6-22-19-47(46-45-22)23-17-20(30(52)39-14-3-1-7-24(32(54)55)41-36(62)43-26(34(58)59)9-11-28(48)49)16-21(18-23)31(53)40-15-4-2-8-25(33(56)57)42-37(63)44-27(35(60)61)10-12-29(50)51/h16-19,24-27H,1-15H2,(H,39,52)(H,40,53)(H,48,49)(H,50,51)(H,54,55)(H,56,57)(H,58,59)(H,60,61)(H2,41,43,62)(H2,42,44,63)/t24-,25?,26?,27-/m0/s1. The summed E-state index contributed by atoms with van der Waals surface area (Å²) in [4.78, 5) is 119. The van der Waals surface area contributed by atoms with Crippen LogP contribution in [0.3, 0.4) is 0 Å². The summed E-state index contributed by atoms with van der Waals surface area (Å²) in [7, 11) is 0. The first-order chi connectivity index (χ1) is 29.8. The van der Waals surface area contributed by atoms with E-state index in [1.165, 1.54) is 29.1 Å². The van der Waals surface area contributed by atoms with E-state index < -0.39 is 116 Å². The molecule has 0 aliphatic rings. The van der Waals surface area contributed by atoms with Crippen LogP contribution in [0.5, 0.6) is 0 Å². The topological polar surface area (TPSA) is 395 Å². The second-order valence-electron chi connectivity index (χ2n) is 13.9. The molecule has 63 heavy (non-hydrogen) atoms. The number of hydrogen-bond acceptors (Lipinski definition) is 12. The Hall–Kier alpha value is -7.41. The molecule has 4 atom stereocenters. The van der Waals surface area contributed by atoms with E-state index in [0.717, 1.165) is 0 Å². The van der Waals surface area contributed by atoms with Gasteiger partial charge in [-0.2, -0.15) is 0 Å². The summed E-state index contributed by atoms with van der Waals surface area (Å²) in [5, 5.41) is 76.7. The number of nitrogens with zero attached hydrogens (tertiary/aromatic N) is 3. The lowest BCUT2D eigenvalue weighted by atomic mass is 10.1. The van der Waals surface area contributed by atoms with Crippen molar-refractivity contribution in [2.24, 2.45) is 0 Å². The number of hydrogen-bond donors (Lipinski definition) is 12. The summed E-state index contributed by atoms with van der Waals surface area (Å²) in [6.45, 7) is -0.575. The highest BCUT2D eigenvalue weighted by Crippen LogP contribution is 2.16. The molecule has 346 valence electrons. The minimum atomic E-state index is -1.58. The third-order valence-electron chi connectivity index (χ3n) is 8.93. The summed E-state index contributed by atoms with van der Waals surface area (Å²) in [6.07, 6.45) is 0.420. The third kappa shape index (κ3) is 19.7. The van der Waals surface area contributed by atoms with Crippen LogP contribution in [0.2, 0.25) is 0 Å². The average Bonchev–Trinajstić information content (AvgIpc) is 3.70. The first kappa shape index (κ1) is 51.7. The monoisotopic (exact) mass is 895 g/mol. The van der Waals surface area contributed by atoms with Crippen molar-refractivity contribution in [1.29, 1.82) is 0 Å². The van der Waals surface area contributed by atoms with Crippen LogP contribution in [0, 0.1) is 0 Å². The molecule has 26 heteroatoms. The molecular weight excluding hydrogens is 845 g/mol. The van der Waals surface area contributed by atoms with Gasteiger partial charge in [-0.25, -0.2) is 33.4 Å². The van der Waals surface area contributed by atoms with Crippen molar-refractivity contribution < 1.29 is 83.0 Å². The maximum atomic E-state index is 13.3. The molecule has 2 unspecified atom stereocenters. The zero-order valence-corrected chi connectivity index (χ0v) is 33.7. The van der Waals surface area contributed by atoms with Crippen molar-refractivity contribution in [2.75, 3.05) is 19.8 Å². The number of aromatic nitrogens is 3. The quantitative estimate of drug-likeness (QED) is 0.0463. The summed E-state index contributed by atoms with van der Waals surface area (Å²) >= 11 is 0. The third-order valence-corrected chi connectivity index (χ3v) is 8.93. The zero-order chi connectivity index (χ0) is 47.1. The first-order valence-corrected chi connectivity index (χ1v) is 19.5. The zero-order valence-electron chi connectivity index (χ0n) is 33.7. The number of alkyl halides is 1. The number of rotatable bonds is 30. The lowest BCUT2D eigenvalue weighted by molar-refractivity contribution is -0.142. The van der Waals surface area contributed by atoms with Crippen LogP contribution in [0.1, 0.15) is 97.0 Å². The number of amides is 6. The molecule has 1 aromatic carbocycles. The van der Waals surface area contributed by atoms with Gasteiger partial charge in [0.25, 0.3) is 11.8 Å². The summed E-state index contributed by atoms with van der Waals surface area (Å²) < 4.78 is 14.0. The van der Waals surface area contributed by atoms with E-state index in [-0.39, 0.29) is 81.3 Å². The predicted octanol–water partition coefficient (Wildman–Crippen LogP) is 0.110. The van der Waals surface area contributed by atoms with E-state index in [9.17, 15) is 72.8 Å². The molecule has 1 heterocycles. The number of halogens is 1. The summed E-state index contributed by atoms with van der Waals surface area (Å²) in [5.74, 6) is -9.76. The number of carbonyl (C=O) groups excluding carboxylic acids is 4.